The number of nitrogen functional groups attached to an aromatic ring is 1. The molecule has 2 aromatic heterocycles. The summed E-state index contributed by atoms with van der Waals surface area (Å²) in [6, 6.07) is 2.45. The lowest BCUT2D eigenvalue weighted by molar-refractivity contribution is 0.586. The van der Waals surface area contributed by atoms with Crippen molar-refractivity contribution < 1.29 is 4.42 Å². The van der Waals surface area contributed by atoms with Gasteiger partial charge in [-0.2, -0.15) is 11.3 Å². The van der Waals surface area contributed by atoms with E-state index in [1.165, 1.54) is 5.56 Å². The first-order valence-electron chi connectivity index (χ1n) is 3.68. The van der Waals surface area contributed by atoms with E-state index in [0.717, 1.165) is 0 Å². The molecule has 0 radical (unpaired) electrons. The van der Waals surface area contributed by atoms with Crippen LogP contribution in [0, 0.1) is 0 Å². The average Bonchev–Trinajstić information content (AvgIpc) is 2.71. The molecule has 0 aromatic carbocycles. The SMILES string of the molecule is Nc1nnc(NCc2ccsc2)o1. The Morgan fingerprint density at radius 1 is 1.54 bits per heavy atom. The van der Waals surface area contributed by atoms with E-state index in [9.17, 15) is 0 Å². The molecule has 0 amide bonds. The van der Waals surface area contributed by atoms with E-state index in [2.05, 4.69) is 15.5 Å². The third kappa shape index (κ3) is 1.97. The van der Waals surface area contributed by atoms with Crippen molar-refractivity contribution >= 4 is 23.4 Å². The summed E-state index contributed by atoms with van der Waals surface area (Å²) in [6.07, 6.45) is 0. The summed E-state index contributed by atoms with van der Waals surface area (Å²) in [5, 5.41) is 14.2. The van der Waals surface area contributed by atoms with E-state index in [-0.39, 0.29) is 6.01 Å². The molecule has 6 heteroatoms. The highest BCUT2D eigenvalue weighted by molar-refractivity contribution is 7.07. The number of rotatable bonds is 3. The van der Waals surface area contributed by atoms with E-state index in [1.807, 2.05) is 16.8 Å². The van der Waals surface area contributed by atoms with E-state index in [0.29, 0.717) is 12.6 Å². The van der Waals surface area contributed by atoms with E-state index < -0.39 is 0 Å². The Bertz CT molecular complexity index is 370. The molecular formula is C7H8N4OS. The van der Waals surface area contributed by atoms with Crippen molar-refractivity contribution in [2.24, 2.45) is 0 Å². The van der Waals surface area contributed by atoms with Crippen LogP contribution in [-0.2, 0) is 6.54 Å². The number of nitrogens with one attached hydrogen (secondary N) is 1. The maximum absolute atomic E-state index is 5.25. The van der Waals surface area contributed by atoms with Crippen LogP contribution in [0.5, 0.6) is 0 Å². The lowest BCUT2D eigenvalue weighted by Gasteiger charge is -1.96. The zero-order valence-electron chi connectivity index (χ0n) is 6.73. The van der Waals surface area contributed by atoms with Crippen LogP contribution < -0.4 is 11.1 Å². The molecule has 2 rings (SSSR count). The molecule has 0 spiro atoms. The summed E-state index contributed by atoms with van der Waals surface area (Å²) < 4.78 is 4.93. The summed E-state index contributed by atoms with van der Waals surface area (Å²) in [5.41, 5.74) is 6.43. The van der Waals surface area contributed by atoms with Crippen molar-refractivity contribution in [1.29, 1.82) is 0 Å². The van der Waals surface area contributed by atoms with Gasteiger partial charge in [0, 0.05) is 6.54 Å². The monoisotopic (exact) mass is 196 g/mol. The normalized spacial score (nSPS) is 10.2. The standard InChI is InChI=1S/C7H8N4OS/c8-6-10-11-7(12-6)9-3-5-1-2-13-4-5/h1-2,4H,3H2,(H2,8,10)(H,9,11). The number of nitrogens with two attached hydrogens (primary N) is 1. The van der Waals surface area contributed by atoms with Gasteiger partial charge in [-0.3, -0.25) is 0 Å². The first-order valence-corrected chi connectivity index (χ1v) is 4.63. The highest BCUT2D eigenvalue weighted by Crippen LogP contribution is 2.10. The highest BCUT2D eigenvalue weighted by Gasteiger charge is 2.00. The molecule has 0 atom stereocenters. The van der Waals surface area contributed by atoms with Gasteiger partial charge in [-0.15, -0.1) is 0 Å². The molecule has 0 aliphatic heterocycles. The molecule has 0 saturated carbocycles. The topological polar surface area (TPSA) is 77.0 Å². The Kier molecular flexibility index (Phi) is 2.13. The lowest BCUT2D eigenvalue weighted by atomic mass is 10.3. The summed E-state index contributed by atoms with van der Waals surface area (Å²) in [4.78, 5) is 0. The minimum absolute atomic E-state index is 0.0767. The van der Waals surface area contributed by atoms with Crippen LogP contribution in [0.2, 0.25) is 0 Å². The van der Waals surface area contributed by atoms with Crippen LogP contribution in [0.4, 0.5) is 12.0 Å². The predicted octanol–water partition coefficient (Wildman–Crippen LogP) is 1.33. The van der Waals surface area contributed by atoms with E-state index in [1.54, 1.807) is 11.3 Å². The molecule has 2 aromatic rings. The Hall–Kier alpha value is -1.56. The van der Waals surface area contributed by atoms with Gasteiger partial charge in [0.1, 0.15) is 0 Å². The maximum Gasteiger partial charge on any atom is 0.317 e. The highest BCUT2D eigenvalue weighted by atomic mass is 32.1. The van der Waals surface area contributed by atoms with Crippen molar-refractivity contribution in [3.8, 4) is 0 Å². The van der Waals surface area contributed by atoms with Gasteiger partial charge in [-0.1, -0.05) is 10.2 Å². The van der Waals surface area contributed by atoms with Crippen LogP contribution in [-0.4, -0.2) is 10.2 Å². The molecule has 0 unspecified atom stereocenters. The quantitative estimate of drug-likeness (QED) is 0.774. The molecule has 0 fully saturated rings. The van der Waals surface area contributed by atoms with Crippen molar-refractivity contribution in [2.45, 2.75) is 6.54 Å². The second kappa shape index (κ2) is 3.44. The van der Waals surface area contributed by atoms with Crippen molar-refractivity contribution in [1.82, 2.24) is 10.2 Å². The summed E-state index contributed by atoms with van der Waals surface area (Å²) >= 11 is 1.65. The number of nitrogens with zero attached hydrogens (tertiary/aromatic N) is 2. The Morgan fingerprint density at radius 3 is 3.08 bits per heavy atom. The molecule has 0 bridgehead atoms. The van der Waals surface area contributed by atoms with Crippen LogP contribution in [0.25, 0.3) is 0 Å². The molecule has 2 heterocycles. The van der Waals surface area contributed by atoms with Gasteiger partial charge in [0.2, 0.25) is 0 Å². The molecule has 0 saturated heterocycles. The smallest absolute Gasteiger partial charge is 0.317 e. The Morgan fingerprint density at radius 2 is 2.46 bits per heavy atom. The number of thiophene rings is 1. The minimum atomic E-state index is 0.0767. The molecule has 0 aliphatic carbocycles. The van der Waals surface area contributed by atoms with Crippen LogP contribution in [0.15, 0.2) is 21.2 Å². The van der Waals surface area contributed by atoms with Gasteiger partial charge >= 0.3 is 12.0 Å². The number of hydrogen-bond acceptors (Lipinski definition) is 6. The van der Waals surface area contributed by atoms with Gasteiger partial charge in [-0.25, -0.2) is 0 Å². The Balaban J connectivity index is 1.93. The lowest BCUT2D eigenvalue weighted by Crippen LogP contribution is -1.97. The largest absolute Gasteiger partial charge is 0.390 e. The van der Waals surface area contributed by atoms with Gasteiger partial charge in [0.15, 0.2) is 0 Å². The second-order valence-corrected chi connectivity index (χ2v) is 3.21. The second-order valence-electron chi connectivity index (χ2n) is 2.43. The fraction of sp³-hybridized carbons (Fsp3) is 0.143. The molecule has 3 N–H and O–H groups in total. The predicted molar refractivity (Wildman–Crippen MR) is 50.4 cm³/mol. The van der Waals surface area contributed by atoms with Crippen molar-refractivity contribution in [3.63, 3.8) is 0 Å². The van der Waals surface area contributed by atoms with Gasteiger partial charge in [-0.05, 0) is 22.4 Å². The van der Waals surface area contributed by atoms with Gasteiger partial charge < -0.3 is 15.5 Å². The third-order valence-electron chi connectivity index (χ3n) is 1.46. The number of anilines is 2. The van der Waals surface area contributed by atoms with E-state index in [4.69, 9.17) is 10.2 Å². The molecular weight excluding hydrogens is 188 g/mol. The fourth-order valence-corrected chi connectivity index (χ4v) is 1.55. The van der Waals surface area contributed by atoms with Gasteiger partial charge in [0.05, 0.1) is 0 Å². The van der Waals surface area contributed by atoms with Gasteiger partial charge in [0.25, 0.3) is 0 Å². The number of hydrogen-bond donors (Lipinski definition) is 2. The summed E-state index contributed by atoms with van der Waals surface area (Å²) in [7, 11) is 0. The fourth-order valence-electron chi connectivity index (χ4n) is 0.877. The van der Waals surface area contributed by atoms with E-state index >= 15 is 0 Å². The zero-order chi connectivity index (χ0) is 9.10. The first kappa shape index (κ1) is 8.06. The van der Waals surface area contributed by atoms with Crippen molar-refractivity contribution in [3.05, 3.63) is 22.4 Å². The Labute approximate surface area is 78.6 Å². The van der Waals surface area contributed by atoms with Crippen LogP contribution in [0.1, 0.15) is 5.56 Å². The molecule has 5 nitrogen and oxygen atoms in total. The van der Waals surface area contributed by atoms with Crippen LogP contribution >= 0.6 is 11.3 Å². The minimum Gasteiger partial charge on any atom is -0.390 e. The van der Waals surface area contributed by atoms with Crippen LogP contribution in [0.3, 0.4) is 0 Å². The first-order chi connectivity index (χ1) is 6.34. The third-order valence-corrected chi connectivity index (χ3v) is 2.20. The molecule has 68 valence electrons. The summed E-state index contributed by atoms with van der Waals surface area (Å²) in [6.45, 7) is 0.672. The van der Waals surface area contributed by atoms with Crippen molar-refractivity contribution in [2.75, 3.05) is 11.1 Å². The molecule has 13 heavy (non-hydrogen) atoms. The molecule has 0 aliphatic rings. The summed E-state index contributed by atoms with van der Waals surface area (Å²) in [5.74, 6) is 0. The zero-order valence-corrected chi connectivity index (χ0v) is 7.54. The number of aromatic nitrogens is 2. The average molecular weight is 196 g/mol. The maximum atomic E-state index is 5.25.